The van der Waals surface area contributed by atoms with Gasteiger partial charge in [0.1, 0.15) is 11.5 Å². The van der Waals surface area contributed by atoms with E-state index in [9.17, 15) is 4.79 Å². The third kappa shape index (κ3) is 4.12. The molecule has 1 amide bonds. The Hall–Kier alpha value is -1.78. The van der Waals surface area contributed by atoms with Crippen LogP contribution in [0.2, 0.25) is 0 Å². The number of nitrogen functional groups attached to an aromatic ring is 1. The minimum Gasteiger partial charge on any atom is -0.384 e. The summed E-state index contributed by atoms with van der Waals surface area (Å²) in [6.45, 7) is 6.18. The van der Waals surface area contributed by atoms with E-state index in [0.717, 1.165) is 31.6 Å². The molecule has 0 atom stereocenters. The van der Waals surface area contributed by atoms with Crippen LogP contribution in [-0.2, 0) is 0 Å². The fourth-order valence-corrected chi connectivity index (χ4v) is 1.97. The molecule has 0 unspecified atom stereocenters. The molecule has 0 aliphatic heterocycles. The van der Waals surface area contributed by atoms with Gasteiger partial charge in [0.2, 0.25) is 0 Å². The van der Waals surface area contributed by atoms with E-state index in [0.29, 0.717) is 11.5 Å². The largest absolute Gasteiger partial charge is 0.384 e. The summed E-state index contributed by atoms with van der Waals surface area (Å²) in [5.41, 5.74) is 7.19. The van der Waals surface area contributed by atoms with Gasteiger partial charge in [0, 0.05) is 38.9 Å². The lowest BCUT2D eigenvalue weighted by molar-refractivity contribution is 0.0822. The van der Waals surface area contributed by atoms with Gasteiger partial charge in [0.15, 0.2) is 0 Å². The second-order valence-corrected chi connectivity index (χ2v) is 4.82. The molecule has 0 saturated heterocycles. The second-order valence-electron chi connectivity index (χ2n) is 4.82. The molecule has 19 heavy (non-hydrogen) atoms. The van der Waals surface area contributed by atoms with Crippen LogP contribution in [0, 0.1) is 0 Å². The van der Waals surface area contributed by atoms with E-state index in [2.05, 4.69) is 23.7 Å². The molecule has 2 N–H and O–H groups in total. The monoisotopic (exact) mass is 264 g/mol. The van der Waals surface area contributed by atoms with Crippen molar-refractivity contribution in [2.45, 2.75) is 26.7 Å². The molecule has 1 heterocycles. The molecule has 1 aromatic rings. The average molecular weight is 264 g/mol. The zero-order chi connectivity index (χ0) is 14.4. The second kappa shape index (κ2) is 6.97. The quantitative estimate of drug-likeness (QED) is 0.853. The van der Waals surface area contributed by atoms with Gasteiger partial charge in [-0.1, -0.05) is 13.8 Å². The van der Waals surface area contributed by atoms with Crippen LogP contribution in [0.25, 0.3) is 0 Å². The van der Waals surface area contributed by atoms with Gasteiger partial charge in [-0.25, -0.2) is 4.98 Å². The van der Waals surface area contributed by atoms with Crippen LogP contribution in [0.1, 0.15) is 37.2 Å². The Morgan fingerprint density at radius 2 is 1.79 bits per heavy atom. The van der Waals surface area contributed by atoms with Crippen LogP contribution < -0.4 is 10.6 Å². The number of rotatable bonds is 6. The zero-order valence-corrected chi connectivity index (χ0v) is 12.3. The predicted octanol–water partition coefficient (Wildman–Crippen LogP) is 1.99. The van der Waals surface area contributed by atoms with Gasteiger partial charge in [-0.3, -0.25) is 4.79 Å². The number of hydrogen-bond donors (Lipinski definition) is 1. The van der Waals surface area contributed by atoms with E-state index >= 15 is 0 Å². The Balaban J connectivity index is 3.09. The number of carbonyl (C=O) groups excluding carboxylic acids is 1. The Kier molecular flexibility index (Phi) is 5.60. The van der Waals surface area contributed by atoms with Gasteiger partial charge in [-0.2, -0.15) is 0 Å². The predicted molar refractivity (Wildman–Crippen MR) is 79.5 cm³/mol. The van der Waals surface area contributed by atoms with Crippen molar-refractivity contribution in [1.82, 2.24) is 9.88 Å². The number of carbonyl (C=O) groups is 1. The molecule has 5 heteroatoms. The lowest BCUT2D eigenvalue weighted by Gasteiger charge is -2.24. The number of hydrogen-bond acceptors (Lipinski definition) is 4. The van der Waals surface area contributed by atoms with Gasteiger partial charge in [-0.15, -0.1) is 0 Å². The molecule has 0 saturated carbocycles. The summed E-state index contributed by atoms with van der Waals surface area (Å²) in [4.78, 5) is 19.8. The lowest BCUT2D eigenvalue weighted by atomic mass is 10.2. The molecule has 5 nitrogen and oxygen atoms in total. The topological polar surface area (TPSA) is 62.5 Å². The summed E-state index contributed by atoms with van der Waals surface area (Å²) >= 11 is 0. The van der Waals surface area contributed by atoms with Crippen LogP contribution in [0.15, 0.2) is 12.1 Å². The molecule has 0 aliphatic rings. The van der Waals surface area contributed by atoms with Gasteiger partial charge >= 0.3 is 0 Å². The number of aromatic nitrogens is 1. The number of pyridine rings is 1. The number of amides is 1. The van der Waals surface area contributed by atoms with Crippen LogP contribution in [-0.4, -0.2) is 43.0 Å². The van der Waals surface area contributed by atoms with Gasteiger partial charge in [0.05, 0.1) is 0 Å². The van der Waals surface area contributed by atoms with E-state index in [1.807, 2.05) is 12.1 Å². The van der Waals surface area contributed by atoms with Gasteiger partial charge in [0.25, 0.3) is 5.91 Å². The maximum absolute atomic E-state index is 12.0. The Labute approximate surface area is 115 Å². The number of nitrogens with two attached hydrogens (primary N) is 1. The van der Waals surface area contributed by atoms with Crippen molar-refractivity contribution in [2.75, 3.05) is 37.8 Å². The van der Waals surface area contributed by atoms with E-state index in [1.54, 1.807) is 14.1 Å². The molecule has 1 aromatic heterocycles. The van der Waals surface area contributed by atoms with Crippen molar-refractivity contribution < 1.29 is 4.79 Å². The molecule has 0 spiro atoms. The summed E-state index contributed by atoms with van der Waals surface area (Å²) in [5, 5.41) is 0. The summed E-state index contributed by atoms with van der Waals surface area (Å²) in [5.74, 6) is 0.265. The van der Waals surface area contributed by atoms with Crippen molar-refractivity contribution in [3.8, 4) is 0 Å². The third-order valence-electron chi connectivity index (χ3n) is 2.81. The molecule has 0 aliphatic carbocycles. The Morgan fingerprint density at radius 3 is 2.26 bits per heavy atom. The first-order chi connectivity index (χ1) is 8.99. The van der Waals surface area contributed by atoms with E-state index in [1.165, 1.54) is 4.90 Å². The zero-order valence-electron chi connectivity index (χ0n) is 12.3. The summed E-state index contributed by atoms with van der Waals surface area (Å²) < 4.78 is 0. The van der Waals surface area contributed by atoms with Gasteiger partial charge < -0.3 is 15.5 Å². The molecule has 0 radical (unpaired) electrons. The summed E-state index contributed by atoms with van der Waals surface area (Å²) in [7, 11) is 3.42. The average Bonchev–Trinajstić information content (AvgIpc) is 2.36. The first-order valence-electron chi connectivity index (χ1n) is 6.73. The standard InChI is InChI=1S/C14H24N4O/c1-5-7-18(8-6-2)11-9-12(14(19)17(3)4)16-13(15)10-11/h9-10H,5-8H2,1-4H3,(H2,15,16). The normalized spacial score (nSPS) is 10.3. The first kappa shape index (κ1) is 15.3. The Bertz CT molecular complexity index is 425. The molecule has 1 rings (SSSR count). The van der Waals surface area contributed by atoms with E-state index in [-0.39, 0.29) is 5.91 Å². The highest BCUT2D eigenvalue weighted by Crippen LogP contribution is 2.19. The molecule has 0 aromatic carbocycles. The van der Waals surface area contributed by atoms with Crippen molar-refractivity contribution in [3.05, 3.63) is 17.8 Å². The fraction of sp³-hybridized carbons (Fsp3) is 0.571. The minimum atomic E-state index is -0.124. The van der Waals surface area contributed by atoms with E-state index < -0.39 is 0 Å². The Morgan fingerprint density at radius 1 is 1.21 bits per heavy atom. The SMILES string of the molecule is CCCN(CCC)c1cc(N)nc(C(=O)N(C)C)c1. The van der Waals surface area contributed by atoms with Crippen molar-refractivity contribution in [3.63, 3.8) is 0 Å². The van der Waals surface area contributed by atoms with Crippen LogP contribution >= 0.6 is 0 Å². The molecule has 106 valence electrons. The molecule has 0 bridgehead atoms. The van der Waals surface area contributed by atoms with Crippen molar-refractivity contribution >= 4 is 17.4 Å². The van der Waals surface area contributed by atoms with Crippen molar-refractivity contribution in [2.24, 2.45) is 0 Å². The van der Waals surface area contributed by atoms with Crippen LogP contribution in [0.4, 0.5) is 11.5 Å². The van der Waals surface area contributed by atoms with Crippen LogP contribution in [0.5, 0.6) is 0 Å². The van der Waals surface area contributed by atoms with Crippen LogP contribution in [0.3, 0.4) is 0 Å². The lowest BCUT2D eigenvalue weighted by Crippen LogP contribution is -2.27. The minimum absolute atomic E-state index is 0.124. The smallest absolute Gasteiger partial charge is 0.272 e. The highest BCUT2D eigenvalue weighted by Gasteiger charge is 2.14. The third-order valence-corrected chi connectivity index (χ3v) is 2.81. The highest BCUT2D eigenvalue weighted by molar-refractivity contribution is 5.93. The summed E-state index contributed by atoms with van der Waals surface area (Å²) in [6.07, 6.45) is 2.11. The fourth-order valence-electron chi connectivity index (χ4n) is 1.97. The van der Waals surface area contributed by atoms with E-state index in [4.69, 9.17) is 5.73 Å². The summed E-state index contributed by atoms with van der Waals surface area (Å²) in [6, 6.07) is 3.65. The molecular weight excluding hydrogens is 240 g/mol. The highest BCUT2D eigenvalue weighted by atomic mass is 16.2. The number of anilines is 2. The molecule has 0 fully saturated rings. The number of nitrogens with zero attached hydrogens (tertiary/aromatic N) is 3. The van der Waals surface area contributed by atoms with Crippen molar-refractivity contribution in [1.29, 1.82) is 0 Å². The maximum Gasteiger partial charge on any atom is 0.272 e. The molecular formula is C14H24N4O. The van der Waals surface area contributed by atoms with Gasteiger partial charge in [-0.05, 0) is 18.9 Å². The maximum atomic E-state index is 12.0. The first-order valence-corrected chi connectivity index (χ1v) is 6.73.